The molecule has 4 amide bonds. The van der Waals surface area contributed by atoms with E-state index in [4.69, 9.17) is 23.2 Å². The Morgan fingerprint density at radius 1 is 1.14 bits per heavy atom. The summed E-state index contributed by atoms with van der Waals surface area (Å²) in [7, 11) is 0. The van der Waals surface area contributed by atoms with E-state index in [0.717, 1.165) is 28.9 Å². The molecule has 1 aliphatic heterocycles. The Kier molecular flexibility index (Phi) is 4.77. The van der Waals surface area contributed by atoms with Crippen molar-refractivity contribution in [3.8, 4) is 0 Å². The molecule has 28 heavy (non-hydrogen) atoms. The zero-order chi connectivity index (χ0) is 19.9. The highest BCUT2D eigenvalue weighted by atomic mass is 35.5. The van der Waals surface area contributed by atoms with Gasteiger partial charge in [-0.1, -0.05) is 47.5 Å². The maximum Gasteiger partial charge on any atom is 0.325 e. The number of fused-ring (bicyclic) bond motifs is 2. The maximum absolute atomic E-state index is 13.2. The van der Waals surface area contributed by atoms with Crippen LogP contribution in [0, 0.1) is 0 Å². The lowest BCUT2D eigenvalue weighted by molar-refractivity contribution is -0.134. The highest BCUT2D eigenvalue weighted by Gasteiger charge is 2.54. The SMILES string of the molecule is O=C(CN1C(=O)N[C@]2(CCCc3ccccc32)C1=O)Nc1cc(Cl)cc(Cl)c1. The molecule has 2 aromatic rings. The Hall–Kier alpha value is -2.57. The van der Waals surface area contributed by atoms with Gasteiger partial charge in [0.1, 0.15) is 12.1 Å². The number of aryl methyl sites for hydroxylation is 1. The van der Waals surface area contributed by atoms with Crippen molar-refractivity contribution in [2.24, 2.45) is 0 Å². The van der Waals surface area contributed by atoms with Gasteiger partial charge in [0.05, 0.1) is 0 Å². The number of anilines is 1. The van der Waals surface area contributed by atoms with E-state index in [0.29, 0.717) is 22.2 Å². The van der Waals surface area contributed by atoms with E-state index in [1.165, 1.54) is 12.1 Å². The molecular weight excluding hydrogens is 401 g/mol. The molecule has 144 valence electrons. The molecule has 1 heterocycles. The lowest BCUT2D eigenvalue weighted by Gasteiger charge is -2.33. The minimum absolute atomic E-state index is 0.371. The summed E-state index contributed by atoms with van der Waals surface area (Å²) in [5, 5.41) is 6.19. The minimum atomic E-state index is -1.09. The first-order chi connectivity index (χ1) is 13.4. The number of rotatable bonds is 3. The molecule has 8 heteroatoms. The predicted octanol–water partition coefficient (Wildman–Crippen LogP) is 3.72. The third-order valence-electron chi connectivity index (χ3n) is 5.10. The molecule has 2 N–H and O–H groups in total. The van der Waals surface area contributed by atoms with Crippen molar-refractivity contribution in [1.82, 2.24) is 10.2 Å². The number of carbonyl (C=O) groups excluding carboxylic acids is 3. The first kappa shape index (κ1) is 18.8. The fourth-order valence-corrected chi connectivity index (χ4v) is 4.45. The van der Waals surface area contributed by atoms with Gasteiger partial charge in [-0.15, -0.1) is 0 Å². The second-order valence-electron chi connectivity index (χ2n) is 6.94. The molecule has 0 aromatic heterocycles. The standard InChI is InChI=1S/C20H17Cl2N3O3/c21-13-8-14(22)10-15(9-13)23-17(26)11-25-18(27)20(24-19(25)28)7-3-5-12-4-1-2-6-16(12)20/h1-2,4,6,8-10H,3,5,7,11H2,(H,23,26)(H,24,28)/t20-/m0/s1. The van der Waals surface area contributed by atoms with Gasteiger partial charge in [-0.2, -0.15) is 0 Å². The summed E-state index contributed by atoms with van der Waals surface area (Å²) in [4.78, 5) is 39.1. The van der Waals surface area contributed by atoms with E-state index in [9.17, 15) is 14.4 Å². The molecule has 2 aliphatic rings. The second-order valence-corrected chi connectivity index (χ2v) is 7.82. The van der Waals surface area contributed by atoms with Crippen LogP contribution in [0.1, 0.15) is 24.0 Å². The van der Waals surface area contributed by atoms with Crippen molar-refractivity contribution in [2.75, 3.05) is 11.9 Å². The summed E-state index contributed by atoms with van der Waals surface area (Å²) in [6.07, 6.45) is 2.15. The largest absolute Gasteiger partial charge is 0.325 e. The van der Waals surface area contributed by atoms with Gasteiger partial charge in [0, 0.05) is 15.7 Å². The van der Waals surface area contributed by atoms with E-state index >= 15 is 0 Å². The molecule has 0 bridgehead atoms. The molecular formula is C20H17Cl2N3O3. The first-order valence-corrected chi connectivity index (χ1v) is 9.63. The molecule has 1 aliphatic carbocycles. The summed E-state index contributed by atoms with van der Waals surface area (Å²) in [6.45, 7) is -0.390. The van der Waals surface area contributed by atoms with E-state index in [-0.39, 0.29) is 0 Å². The average molecular weight is 418 g/mol. The highest BCUT2D eigenvalue weighted by Crippen LogP contribution is 2.39. The van der Waals surface area contributed by atoms with Gasteiger partial charge in [-0.25, -0.2) is 4.79 Å². The predicted molar refractivity (Wildman–Crippen MR) is 106 cm³/mol. The Labute approximate surface area is 171 Å². The van der Waals surface area contributed by atoms with Gasteiger partial charge >= 0.3 is 6.03 Å². The number of carbonyl (C=O) groups is 3. The Bertz CT molecular complexity index is 974. The van der Waals surface area contributed by atoms with Gasteiger partial charge < -0.3 is 10.6 Å². The van der Waals surface area contributed by atoms with Crippen molar-refractivity contribution in [3.63, 3.8) is 0 Å². The molecule has 4 rings (SSSR count). The van der Waals surface area contributed by atoms with Crippen molar-refractivity contribution in [2.45, 2.75) is 24.8 Å². The third kappa shape index (κ3) is 3.23. The molecule has 0 unspecified atom stereocenters. The fourth-order valence-electron chi connectivity index (χ4n) is 3.93. The van der Waals surface area contributed by atoms with Gasteiger partial charge in [-0.05, 0) is 48.6 Å². The average Bonchev–Trinajstić information content (AvgIpc) is 2.86. The maximum atomic E-state index is 13.2. The molecule has 1 fully saturated rings. The van der Waals surface area contributed by atoms with Crippen LogP contribution >= 0.6 is 23.2 Å². The smallest absolute Gasteiger partial charge is 0.324 e. The van der Waals surface area contributed by atoms with Crippen LogP contribution in [0.3, 0.4) is 0 Å². The van der Waals surface area contributed by atoms with Crippen LogP contribution in [0.25, 0.3) is 0 Å². The Morgan fingerprint density at radius 3 is 2.61 bits per heavy atom. The minimum Gasteiger partial charge on any atom is -0.324 e. The number of hydrogen-bond acceptors (Lipinski definition) is 3. The summed E-state index contributed by atoms with van der Waals surface area (Å²) >= 11 is 11.9. The van der Waals surface area contributed by atoms with Crippen molar-refractivity contribution in [1.29, 1.82) is 0 Å². The summed E-state index contributed by atoms with van der Waals surface area (Å²) in [5.74, 6) is -0.910. The number of benzene rings is 2. The number of nitrogens with zero attached hydrogens (tertiary/aromatic N) is 1. The van der Waals surface area contributed by atoms with Gasteiger partial charge in [0.25, 0.3) is 5.91 Å². The molecule has 6 nitrogen and oxygen atoms in total. The third-order valence-corrected chi connectivity index (χ3v) is 5.54. The number of urea groups is 1. The van der Waals surface area contributed by atoms with Crippen LogP contribution < -0.4 is 10.6 Å². The summed E-state index contributed by atoms with van der Waals surface area (Å²) in [6, 6.07) is 11.6. The molecule has 0 saturated carbocycles. The number of nitrogens with one attached hydrogen (secondary N) is 2. The normalized spacial score (nSPS) is 20.9. The molecule has 0 radical (unpaired) electrons. The van der Waals surface area contributed by atoms with E-state index in [1.807, 2.05) is 24.3 Å². The van der Waals surface area contributed by atoms with Crippen LogP contribution in [-0.4, -0.2) is 29.3 Å². The van der Waals surface area contributed by atoms with Crippen molar-refractivity contribution in [3.05, 3.63) is 63.6 Å². The van der Waals surface area contributed by atoms with Crippen LogP contribution in [-0.2, 0) is 21.5 Å². The van der Waals surface area contributed by atoms with Crippen molar-refractivity contribution >= 4 is 46.7 Å². The van der Waals surface area contributed by atoms with Crippen LogP contribution in [0.4, 0.5) is 10.5 Å². The fraction of sp³-hybridized carbons (Fsp3) is 0.250. The monoisotopic (exact) mass is 417 g/mol. The van der Waals surface area contributed by atoms with E-state index in [2.05, 4.69) is 10.6 Å². The number of imide groups is 1. The first-order valence-electron chi connectivity index (χ1n) is 8.87. The molecule has 2 aromatic carbocycles. The van der Waals surface area contributed by atoms with Crippen LogP contribution in [0.15, 0.2) is 42.5 Å². The Balaban J connectivity index is 1.55. The van der Waals surface area contributed by atoms with Crippen molar-refractivity contribution < 1.29 is 14.4 Å². The lowest BCUT2D eigenvalue weighted by atomic mass is 9.76. The Morgan fingerprint density at radius 2 is 1.86 bits per heavy atom. The topological polar surface area (TPSA) is 78.5 Å². The molecule has 1 saturated heterocycles. The van der Waals surface area contributed by atoms with E-state index < -0.39 is 29.9 Å². The van der Waals surface area contributed by atoms with Gasteiger partial charge in [0.2, 0.25) is 5.91 Å². The summed E-state index contributed by atoms with van der Waals surface area (Å²) < 4.78 is 0. The summed E-state index contributed by atoms with van der Waals surface area (Å²) in [5.41, 5.74) is 1.16. The zero-order valence-electron chi connectivity index (χ0n) is 14.8. The number of amides is 4. The zero-order valence-corrected chi connectivity index (χ0v) is 16.3. The lowest BCUT2D eigenvalue weighted by Crippen LogP contribution is -2.47. The van der Waals surface area contributed by atoms with Gasteiger partial charge in [-0.3, -0.25) is 14.5 Å². The van der Waals surface area contributed by atoms with Gasteiger partial charge in [0.15, 0.2) is 0 Å². The second kappa shape index (κ2) is 7.11. The van der Waals surface area contributed by atoms with E-state index in [1.54, 1.807) is 6.07 Å². The molecule has 1 atom stereocenters. The number of halogens is 2. The van der Waals surface area contributed by atoms with Crippen LogP contribution in [0.5, 0.6) is 0 Å². The molecule has 1 spiro atoms. The number of hydrogen-bond donors (Lipinski definition) is 2. The quantitative estimate of drug-likeness (QED) is 0.746. The highest BCUT2D eigenvalue weighted by molar-refractivity contribution is 6.35. The van der Waals surface area contributed by atoms with Crippen LogP contribution in [0.2, 0.25) is 10.0 Å².